The Bertz CT molecular complexity index is 1850. The van der Waals surface area contributed by atoms with Crippen LogP contribution in [0.4, 0.5) is 10.6 Å². The molecule has 0 spiro atoms. The second-order valence-electron chi connectivity index (χ2n) is 10.6. The van der Waals surface area contributed by atoms with E-state index in [2.05, 4.69) is 15.6 Å². The van der Waals surface area contributed by atoms with Crippen molar-refractivity contribution in [1.29, 1.82) is 0 Å². The highest BCUT2D eigenvalue weighted by Crippen LogP contribution is 2.44. The fourth-order valence-electron chi connectivity index (χ4n) is 5.82. The molecule has 9 nitrogen and oxygen atoms in total. The molecule has 4 aromatic carbocycles. The van der Waals surface area contributed by atoms with Crippen molar-refractivity contribution in [1.82, 2.24) is 20.1 Å². The summed E-state index contributed by atoms with van der Waals surface area (Å²) in [4.78, 5) is 30.5. The summed E-state index contributed by atoms with van der Waals surface area (Å²) in [6.07, 6.45) is 0. The number of carbonyl (C=O) groups excluding carboxylic acids is 2. The van der Waals surface area contributed by atoms with E-state index in [-0.39, 0.29) is 23.4 Å². The zero-order chi connectivity index (χ0) is 31.4. The average Bonchev–Trinajstić information content (AvgIpc) is 3.45. The van der Waals surface area contributed by atoms with Crippen LogP contribution in [0, 0.1) is 0 Å². The van der Waals surface area contributed by atoms with Gasteiger partial charge in [-0.2, -0.15) is 0 Å². The fraction of sp³-hybridized carbons (Fsp3) is 0.111. The molecular formula is C36H32N6O3. The van der Waals surface area contributed by atoms with Gasteiger partial charge in [-0.25, -0.2) is 14.5 Å². The van der Waals surface area contributed by atoms with Gasteiger partial charge in [0.05, 0.1) is 24.1 Å². The number of hydrogen-bond donors (Lipinski definition) is 3. The van der Waals surface area contributed by atoms with Crippen LogP contribution in [0.3, 0.4) is 0 Å². The lowest BCUT2D eigenvalue weighted by molar-refractivity contribution is 0.0997. The van der Waals surface area contributed by atoms with Crippen LogP contribution in [-0.2, 0) is 5.54 Å². The monoisotopic (exact) mass is 596 g/mol. The Morgan fingerprint density at radius 2 is 1.29 bits per heavy atom. The molecule has 1 unspecified atom stereocenters. The lowest BCUT2D eigenvalue weighted by atomic mass is 9.77. The predicted octanol–water partition coefficient (Wildman–Crippen LogP) is 6.26. The maximum Gasteiger partial charge on any atom is 0.320 e. The van der Waals surface area contributed by atoms with Crippen LogP contribution in [0.1, 0.15) is 45.7 Å². The molecule has 9 heteroatoms. The first-order valence-corrected chi connectivity index (χ1v) is 14.5. The van der Waals surface area contributed by atoms with Crippen molar-refractivity contribution in [2.45, 2.75) is 18.5 Å². The summed E-state index contributed by atoms with van der Waals surface area (Å²) >= 11 is 0. The van der Waals surface area contributed by atoms with E-state index in [1.807, 2.05) is 133 Å². The van der Waals surface area contributed by atoms with Crippen LogP contribution in [0.25, 0.3) is 10.9 Å². The van der Waals surface area contributed by atoms with E-state index >= 15 is 0 Å². The molecule has 224 valence electrons. The maximum absolute atomic E-state index is 13.2. The number of hydrogen-bond acceptors (Lipinski definition) is 5. The second-order valence-corrected chi connectivity index (χ2v) is 10.6. The molecule has 1 atom stereocenters. The Kier molecular flexibility index (Phi) is 7.99. The van der Waals surface area contributed by atoms with E-state index in [0.717, 1.165) is 22.3 Å². The first-order valence-electron chi connectivity index (χ1n) is 14.5. The van der Waals surface area contributed by atoms with E-state index in [4.69, 9.17) is 15.6 Å². The van der Waals surface area contributed by atoms with Crippen molar-refractivity contribution in [2.24, 2.45) is 5.73 Å². The minimum Gasteiger partial charge on any atom is -0.479 e. The number of primary amides is 1. The zero-order valence-electron chi connectivity index (χ0n) is 24.8. The SMILES string of the molecule is COc1nn(C(c2ccccc2)(c2ccccc2)c2ccccc2)c2cc(NC(=O)NC(C)c3ccccc3)nc(C(N)=O)c12. The number of anilines is 1. The minimum atomic E-state index is -1.03. The number of rotatable bonds is 9. The summed E-state index contributed by atoms with van der Waals surface area (Å²) < 4.78 is 7.57. The van der Waals surface area contributed by atoms with Gasteiger partial charge < -0.3 is 15.8 Å². The van der Waals surface area contributed by atoms with Crippen LogP contribution in [0.15, 0.2) is 127 Å². The number of pyridine rings is 1. The fourth-order valence-corrected chi connectivity index (χ4v) is 5.82. The number of urea groups is 1. The predicted molar refractivity (Wildman–Crippen MR) is 174 cm³/mol. The quantitative estimate of drug-likeness (QED) is 0.170. The van der Waals surface area contributed by atoms with Crippen molar-refractivity contribution in [2.75, 3.05) is 12.4 Å². The Balaban J connectivity index is 1.60. The van der Waals surface area contributed by atoms with Gasteiger partial charge in [0.25, 0.3) is 5.91 Å². The molecule has 0 saturated heterocycles. The molecule has 6 rings (SSSR count). The van der Waals surface area contributed by atoms with E-state index in [9.17, 15) is 9.59 Å². The number of nitrogens with two attached hydrogens (primary N) is 1. The Morgan fingerprint density at radius 1 is 0.800 bits per heavy atom. The van der Waals surface area contributed by atoms with Crippen LogP contribution in [0.2, 0.25) is 0 Å². The molecule has 4 N–H and O–H groups in total. The number of fused-ring (bicyclic) bond motifs is 1. The van der Waals surface area contributed by atoms with Crippen LogP contribution < -0.4 is 21.1 Å². The lowest BCUT2D eigenvalue weighted by Gasteiger charge is -2.36. The summed E-state index contributed by atoms with van der Waals surface area (Å²) in [6.45, 7) is 1.88. The summed E-state index contributed by atoms with van der Waals surface area (Å²) in [7, 11) is 1.48. The summed E-state index contributed by atoms with van der Waals surface area (Å²) in [5.74, 6) is -0.489. The number of nitrogens with one attached hydrogen (secondary N) is 2. The highest BCUT2D eigenvalue weighted by atomic mass is 16.5. The Labute approximate surface area is 260 Å². The number of aromatic nitrogens is 3. The Hall–Kier alpha value is -5.96. The van der Waals surface area contributed by atoms with Gasteiger partial charge >= 0.3 is 6.03 Å². The third-order valence-electron chi connectivity index (χ3n) is 7.84. The van der Waals surface area contributed by atoms with Gasteiger partial charge in [-0.3, -0.25) is 10.1 Å². The molecule has 0 saturated carbocycles. The molecule has 0 aliphatic rings. The summed E-state index contributed by atoms with van der Waals surface area (Å²) in [6, 6.07) is 40.4. The van der Waals surface area contributed by atoms with Crippen molar-refractivity contribution in [3.8, 4) is 5.88 Å². The van der Waals surface area contributed by atoms with Crippen molar-refractivity contribution < 1.29 is 14.3 Å². The number of methoxy groups -OCH3 is 1. The van der Waals surface area contributed by atoms with Crippen molar-refractivity contribution in [3.63, 3.8) is 0 Å². The third-order valence-corrected chi connectivity index (χ3v) is 7.84. The Morgan fingerprint density at radius 3 is 1.76 bits per heavy atom. The lowest BCUT2D eigenvalue weighted by Crippen LogP contribution is -2.38. The minimum absolute atomic E-state index is 0.0786. The molecule has 45 heavy (non-hydrogen) atoms. The summed E-state index contributed by atoms with van der Waals surface area (Å²) in [5.41, 5.74) is 8.94. The van der Waals surface area contributed by atoms with E-state index in [1.54, 1.807) is 6.07 Å². The molecular weight excluding hydrogens is 564 g/mol. The molecule has 3 amide bonds. The zero-order valence-corrected chi connectivity index (χ0v) is 24.8. The first kappa shape index (κ1) is 29.1. The topological polar surface area (TPSA) is 124 Å². The van der Waals surface area contributed by atoms with Crippen LogP contribution in [-0.4, -0.2) is 33.8 Å². The molecule has 0 bridgehead atoms. The van der Waals surface area contributed by atoms with Gasteiger partial charge in [0, 0.05) is 6.07 Å². The molecule has 2 aromatic heterocycles. The average molecular weight is 597 g/mol. The van der Waals surface area contributed by atoms with Gasteiger partial charge in [-0.15, -0.1) is 5.10 Å². The highest BCUT2D eigenvalue weighted by molar-refractivity contribution is 6.07. The van der Waals surface area contributed by atoms with Gasteiger partial charge in [0.15, 0.2) is 0 Å². The number of carbonyl (C=O) groups is 2. The normalized spacial score (nSPS) is 12.0. The number of nitrogens with zero attached hydrogens (tertiary/aromatic N) is 3. The largest absolute Gasteiger partial charge is 0.479 e. The highest BCUT2D eigenvalue weighted by Gasteiger charge is 2.42. The van der Waals surface area contributed by atoms with E-state index < -0.39 is 17.5 Å². The number of benzene rings is 4. The van der Waals surface area contributed by atoms with Gasteiger partial charge in [-0.05, 0) is 29.2 Å². The summed E-state index contributed by atoms with van der Waals surface area (Å²) in [5, 5.41) is 11.0. The molecule has 0 aliphatic carbocycles. The van der Waals surface area contributed by atoms with Crippen molar-refractivity contribution in [3.05, 3.63) is 155 Å². The smallest absolute Gasteiger partial charge is 0.320 e. The molecule has 0 fully saturated rings. The molecule has 6 aromatic rings. The van der Waals surface area contributed by atoms with Crippen LogP contribution >= 0.6 is 0 Å². The third kappa shape index (κ3) is 5.36. The molecule has 0 aliphatic heterocycles. The van der Waals surface area contributed by atoms with Crippen molar-refractivity contribution >= 4 is 28.7 Å². The van der Waals surface area contributed by atoms with Gasteiger partial charge in [0.1, 0.15) is 17.1 Å². The second kappa shape index (κ2) is 12.3. The number of amides is 3. The standard InChI is InChI=1S/C36H32N6O3/c1-24(25-15-7-3-8-16-25)38-35(44)40-30-23-29-31(32(39-30)33(37)43)34(45-2)41-42(29)36(26-17-9-4-10-18-26,27-19-11-5-12-20-27)28-21-13-6-14-22-28/h3-24H,1-2H3,(H2,37,43)(H2,38,39,40,44). The van der Waals surface area contributed by atoms with E-state index in [0.29, 0.717) is 10.9 Å². The molecule has 0 radical (unpaired) electrons. The maximum atomic E-state index is 13.2. The van der Waals surface area contributed by atoms with Crippen LogP contribution in [0.5, 0.6) is 5.88 Å². The number of ether oxygens (including phenoxy) is 1. The van der Waals surface area contributed by atoms with Gasteiger partial charge in [0.2, 0.25) is 5.88 Å². The van der Waals surface area contributed by atoms with Gasteiger partial charge in [-0.1, -0.05) is 121 Å². The van der Waals surface area contributed by atoms with E-state index in [1.165, 1.54) is 7.11 Å². The first-order chi connectivity index (χ1) is 21.9. The molecule has 2 heterocycles.